The molecule has 29 heavy (non-hydrogen) atoms. The van der Waals surface area contributed by atoms with Gasteiger partial charge in [0.05, 0.1) is 31.2 Å². The summed E-state index contributed by atoms with van der Waals surface area (Å²) in [5, 5.41) is 8.72. The van der Waals surface area contributed by atoms with Crippen LogP contribution in [0, 0.1) is 11.8 Å². The van der Waals surface area contributed by atoms with Crippen molar-refractivity contribution in [2.45, 2.75) is 36.1 Å². The molecule has 2 bridgehead atoms. The highest BCUT2D eigenvalue weighted by molar-refractivity contribution is 7.98. The number of thioether (sulfide) groups is 1. The molecule has 1 aromatic heterocycles. The summed E-state index contributed by atoms with van der Waals surface area (Å²) in [5.41, 5.74) is 1.02. The van der Waals surface area contributed by atoms with Crippen molar-refractivity contribution in [1.29, 1.82) is 0 Å². The van der Waals surface area contributed by atoms with Crippen LogP contribution in [0.15, 0.2) is 54.1 Å². The Hall–Kier alpha value is -2.12. The summed E-state index contributed by atoms with van der Waals surface area (Å²) in [6.45, 7) is 7.37. The molecule has 154 valence electrons. The molecule has 5 rings (SSSR count). The zero-order valence-corrected chi connectivity index (χ0v) is 17.9. The fourth-order valence-corrected chi connectivity index (χ4v) is 5.56. The summed E-state index contributed by atoms with van der Waals surface area (Å²) >= 11 is 1.78. The number of carbonyl (C=O) groups is 1. The molecule has 1 amide bonds. The van der Waals surface area contributed by atoms with E-state index in [-0.39, 0.29) is 11.8 Å². The second-order valence-electron chi connectivity index (χ2n) is 8.24. The first-order valence-electron chi connectivity index (χ1n) is 10.4. The number of hydrogen-bond acceptors (Lipinski definition) is 4. The van der Waals surface area contributed by atoms with Crippen LogP contribution in [0.1, 0.15) is 18.5 Å². The van der Waals surface area contributed by atoms with Crippen LogP contribution in [0.5, 0.6) is 0 Å². The number of fused-ring (bicyclic) bond motifs is 3. The van der Waals surface area contributed by atoms with Gasteiger partial charge >= 0.3 is 0 Å². The standard InChI is InChI=1S/C22H29N5OS/c1-3-10-25(2)22(28)21-15-26-11-9-17(21)12-19(26)14-27-13-18(23-24-27)16-29-20-7-5-4-6-8-20/h3-8,13,17,19,21H,1,9-12,14-16H2,2H3/p+1/t17-,19+,21-/m0/s1. The Morgan fingerprint density at radius 1 is 1.41 bits per heavy atom. The minimum absolute atomic E-state index is 0.161. The first kappa shape index (κ1) is 20.2. The Labute approximate surface area is 176 Å². The summed E-state index contributed by atoms with van der Waals surface area (Å²) in [7, 11) is 1.89. The van der Waals surface area contributed by atoms with Crippen LogP contribution in [0.25, 0.3) is 0 Å². The minimum atomic E-state index is 0.161. The molecule has 4 heterocycles. The maximum absolute atomic E-state index is 12.8. The zero-order chi connectivity index (χ0) is 20.2. The van der Waals surface area contributed by atoms with E-state index in [1.165, 1.54) is 4.90 Å². The highest BCUT2D eigenvalue weighted by Crippen LogP contribution is 2.29. The lowest BCUT2D eigenvalue weighted by Gasteiger charge is -2.46. The monoisotopic (exact) mass is 412 g/mol. The molecule has 3 fully saturated rings. The molecular weight excluding hydrogens is 382 g/mol. The van der Waals surface area contributed by atoms with Gasteiger partial charge in [-0.3, -0.25) is 4.79 Å². The Morgan fingerprint density at radius 3 is 2.97 bits per heavy atom. The average Bonchev–Trinajstić information content (AvgIpc) is 3.20. The predicted molar refractivity (Wildman–Crippen MR) is 115 cm³/mol. The van der Waals surface area contributed by atoms with Crippen LogP contribution in [-0.2, 0) is 17.1 Å². The summed E-state index contributed by atoms with van der Waals surface area (Å²) in [6.07, 6.45) is 6.13. The smallest absolute Gasteiger partial charge is 0.231 e. The lowest BCUT2D eigenvalue weighted by atomic mass is 9.75. The number of piperidine rings is 3. The van der Waals surface area contributed by atoms with Crippen molar-refractivity contribution in [1.82, 2.24) is 19.9 Å². The van der Waals surface area contributed by atoms with Crippen molar-refractivity contribution in [2.24, 2.45) is 11.8 Å². The van der Waals surface area contributed by atoms with Gasteiger partial charge in [-0.1, -0.05) is 29.5 Å². The number of aromatic nitrogens is 3. The van der Waals surface area contributed by atoms with Crippen molar-refractivity contribution in [3.8, 4) is 0 Å². The Morgan fingerprint density at radius 2 is 2.24 bits per heavy atom. The lowest BCUT2D eigenvalue weighted by Crippen LogP contribution is -3.20. The van der Waals surface area contributed by atoms with E-state index in [0.717, 1.165) is 43.9 Å². The van der Waals surface area contributed by atoms with Crippen molar-refractivity contribution in [2.75, 3.05) is 26.7 Å². The van der Waals surface area contributed by atoms with Crippen molar-refractivity contribution in [3.05, 3.63) is 54.9 Å². The maximum Gasteiger partial charge on any atom is 0.231 e. The number of hydrogen-bond donors (Lipinski definition) is 1. The fourth-order valence-electron chi connectivity index (χ4n) is 4.76. The van der Waals surface area contributed by atoms with E-state index in [1.54, 1.807) is 22.7 Å². The van der Waals surface area contributed by atoms with Gasteiger partial charge in [0.15, 0.2) is 0 Å². The molecule has 3 aliphatic rings. The van der Waals surface area contributed by atoms with Crippen LogP contribution in [0.4, 0.5) is 0 Å². The van der Waals surface area contributed by atoms with Gasteiger partial charge in [0, 0.05) is 43.3 Å². The third-order valence-corrected chi connectivity index (χ3v) is 7.32. The largest absolute Gasteiger partial charge is 0.342 e. The average molecular weight is 413 g/mol. The fraction of sp³-hybridized carbons (Fsp3) is 0.500. The number of rotatable bonds is 8. The van der Waals surface area contributed by atoms with Crippen LogP contribution in [0.3, 0.4) is 0 Å². The third kappa shape index (κ3) is 4.73. The summed E-state index contributed by atoms with van der Waals surface area (Å²) in [4.78, 5) is 17.4. The first-order valence-corrected chi connectivity index (χ1v) is 11.4. The first-order chi connectivity index (χ1) is 14.1. The maximum atomic E-state index is 12.8. The van der Waals surface area contributed by atoms with Crippen molar-refractivity contribution >= 4 is 17.7 Å². The predicted octanol–water partition coefficient (Wildman–Crippen LogP) is 1.51. The minimum Gasteiger partial charge on any atom is -0.342 e. The van der Waals surface area contributed by atoms with Crippen LogP contribution in [-0.4, -0.2) is 58.5 Å². The van der Waals surface area contributed by atoms with Crippen LogP contribution >= 0.6 is 11.8 Å². The second-order valence-corrected chi connectivity index (χ2v) is 9.29. The van der Waals surface area contributed by atoms with Crippen molar-refractivity contribution < 1.29 is 9.69 Å². The van der Waals surface area contributed by atoms with Crippen LogP contribution in [0.2, 0.25) is 0 Å². The normalized spacial score (nSPS) is 25.7. The number of quaternary nitrogens is 1. The number of benzene rings is 1. The Kier molecular flexibility index (Phi) is 6.35. The third-order valence-electron chi connectivity index (χ3n) is 6.27. The van der Waals surface area contributed by atoms with E-state index < -0.39 is 0 Å². The van der Waals surface area contributed by atoms with E-state index in [4.69, 9.17) is 0 Å². The van der Waals surface area contributed by atoms with Gasteiger partial charge in [0.25, 0.3) is 0 Å². The molecule has 4 atom stereocenters. The summed E-state index contributed by atoms with van der Waals surface area (Å²) in [5.74, 6) is 1.77. The summed E-state index contributed by atoms with van der Waals surface area (Å²) in [6, 6.07) is 10.9. The molecule has 3 aliphatic heterocycles. The topological polar surface area (TPSA) is 55.5 Å². The van der Waals surface area contributed by atoms with Gasteiger partial charge in [-0.2, -0.15) is 0 Å². The molecule has 3 saturated heterocycles. The molecule has 0 spiro atoms. The van der Waals surface area contributed by atoms with Gasteiger partial charge in [0.2, 0.25) is 5.91 Å². The molecule has 7 heteroatoms. The highest BCUT2D eigenvalue weighted by atomic mass is 32.2. The van der Waals surface area contributed by atoms with Gasteiger partial charge in [0.1, 0.15) is 6.04 Å². The van der Waals surface area contributed by atoms with Gasteiger partial charge in [-0.15, -0.1) is 23.4 Å². The molecular formula is C22H30N5OS+. The molecule has 1 aromatic carbocycles. The highest BCUT2D eigenvalue weighted by Gasteiger charge is 2.47. The lowest BCUT2D eigenvalue weighted by molar-refractivity contribution is -0.945. The van der Waals surface area contributed by atoms with E-state index in [1.807, 2.05) is 22.7 Å². The van der Waals surface area contributed by atoms with Crippen LogP contribution < -0.4 is 4.90 Å². The molecule has 6 nitrogen and oxygen atoms in total. The number of carbonyl (C=O) groups excluding carboxylic acids is 1. The number of amides is 1. The number of nitrogens with one attached hydrogen (secondary N) is 1. The van der Waals surface area contributed by atoms with E-state index in [9.17, 15) is 4.79 Å². The molecule has 0 radical (unpaired) electrons. The number of nitrogens with zero attached hydrogens (tertiary/aromatic N) is 4. The molecule has 1 unspecified atom stereocenters. The second kappa shape index (κ2) is 9.13. The molecule has 2 aromatic rings. The van der Waals surface area contributed by atoms with Gasteiger partial charge < -0.3 is 9.80 Å². The van der Waals surface area contributed by atoms with E-state index in [0.29, 0.717) is 18.5 Å². The van der Waals surface area contributed by atoms with Gasteiger partial charge in [-0.05, 0) is 18.1 Å². The summed E-state index contributed by atoms with van der Waals surface area (Å²) < 4.78 is 2.00. The molecule has 0 aliphatic carbocycles. The van der Waals surface area contributed by atoms with E-state index in [2.05, 4.69) is 47.4 Å². The SMILES string of the molecule is C=CCN(C)C(=O)[C@H]1C[NH+]2CC[C@H]1C[C@@H]2Cn1cc(CSc2ccccc2)nn1. The quantitative estimate of drug-likeness (QED) is 0.528. The Balaban J connectivity index is 1.32. The van der Waals surface area contributed by atoms with E-state index >= 15 is 0 Å². The van der Waals surface area contributed by atoms with Gasteiger partial charge in [-0.25, -0.2) is 4.68 Å². The zero-order valence-electron chi connectivity index (χ0n) is 17.0. The Bertz CT molecular complexity index is 839. The number of likely N-dealkylation sites (N-methyl/N-ethyl adjacent to an activating group) is 1. The van der Waals surface area contributed by atoms with Crippen molar-refractivity contribution in [3.63, 3.8) is 0 Å². The molecule has 1 N–H and O–H groups in total. The molecule has 0 saturated carbocycles.